The molecular weight excluding hydrogens is 300 g/mol. The Hall–Kier alpha value is -3.02. The lowest BCUT2D eigenvalue weighted by molar-refractivity contribution is 0.0397. The smallest absolute Gasteiger partial charge is 0.346 e. The van der Waals surface area contributed by atoms with E-state index in [1.54, 1.807) is 30.3 Å². The second-order valence-electron chi connectivity index (χ2n) is 4.46. The fraction of sp³-hybridized carbons (Fsp3) is 0.176. The van der Waals surface area contributed by atoms with E-state index >= 15 is 0 Å². The Morgan fingerprint density at radius 2 is 1.26 bits per heavy atom. The van der Waals surface area contributed by atoms with Crippen molar-refractivity contribution in [1.29, 1.82) is 0 Å². The highest BCUT2D eigenvalue weighted by Gasteiger charge is 2.20. The average molecular weight is 316 g/mol. The van der Waals surface area contributed by atoms with Crippen molar-refractivity contribution >= 4 is 11.9 Å². The van der Waals surface area contributed by atoms with Crippen LogP contribution in [-0.2, 0) is 4.74 Å². The maximum absolute atomic E-state index is 12.2. The molecule has 2 rings (SSSR count). The van der Waals surface area contributed by atoms with E-state index in [4.69, 9.17) is 18.9 Å². The Morgan fingerprint density at radius 1 is 0.739 bits per heavy atom. The third kappa shape index (κ3) is 3.60. The summed E-state index contributed by atoms with van der Waals surface area (Å²) in [7, 11) is 4.32. The summed E-state index contributed by atoms with van der Waals surface area (Å²) in [6.07, 6.45) is 0. The van der Waals surface area contributed by atoms with Gasteiger partial charge in [0.05, 0.1) is 32.5 Å². The van der Waals surface area contributed by atoms with Crippen LogP contribution in [-0.4, -0.2) is 33.3 Å². The van der Waals surface area contributed by atoms with E-state index in [-0.39, 0.29) is 11.1 Å². The maximum Gasteiger partial charge on any atom is 0.346 e. The van der Waals surface area contributed by atoms with Crippen LogP contribution in [0.15, 0.2) is 42.5 Å². The first-order valence-corrected chi connectivity index (χ1v) is 6.72. The van der Waals surface area contributed by atoms with Gasteiger partial charge >= 0.3 is 11.9 Å². The van der Waals surface area contributed by atoms with Crippen molar-refractivity contribution in [2.45, 2.75) is 0 Å². The molecule has 0 N–H and O–H groups in total. The zero-order valence-corrected chi connectivity index (χ0v) is 13.0. The van der Waals surface area contributed by atoms with E-state index in [2.05, 4.69) is 0 Å². The van der Waals surface area contributed by atoms with Crippen LogP contribution in [0.1, 0.15) is 20.7 Å². The van der Waals surface area contributed by atoms with Crippen LogP contribution in [0.5, 0.6) is 17.2 Å². The number of carbonyl (C=O) groups is 2. The Balaban J connectivity index is 2.27. The third-order valence-corrected chi connectivity index (χ3v) is 3.10. The molecule has 2 aromatic carbocycles. The van der Waals surface area contributed by atoms with E-state index in [1.807, 2.05) is 0 Å². The minimum Gasteiger partial charge on any atom is -0.493 e. The summed E-state index contributed by atoms with van der Waals surface area (Å²) in [5.74, 6) is -0.597. The van der Waals surface area contributed by atoms with E-state index in [0.717, 1.165) is 0 Å². The number of hydrogen-bond donors (Lipinski definition) is 0. The molecule has 0 aromatic heterocycles. The summed E-state index contributed by atoms with van der Waals surface area (Å²) in [6.45, 7) is 0. The first kappa shape index (κ1) is 16.4. The van der Waals surface area contributed by atoms with Gasteiger partial charge in [-0.2, -0.15) is 0 Å². The van der Waals surface area contributed by atoms with Gasteiger partial charge in [0, 0.05) is 0 Å². The lowest BCUT2D eigenvalue weighted by Crippen LogP contribution is -2.13. The van der Waals surface area contributed by atoms with Crippen LogP contribution in [0, 0.1) is 0 Å². The molecule has 0 saturated heterocycles. The minimum absolute atomic E-state index is 0.115. The van der Waals surface area contributed by atoms with Crippen molar-refractivity contribution < 1.29 is 28.5 Å². The fourth-order valence-corrected chi connectivity index (χ4v) is 1.98. The lowest BCUT2D eigenvalue weighted by Gasteiger charge is -2.13. The standard InChI is InChI=1S/C17H16O6/c1-20-13-9-12(10-14(21-2)15(13)22-3)17(19)23-16(18)11-7-5-4-6-8-11/h4-10H,1-3H3. The molecule has 0 saturated carbocycles. The molecule has 120 valence electrons. The lowest BCUT2D eigenvalue weighted by atomic mass is 10.1. The zero-order valence-electron chi connectivity index (χ0n) is 13.0. The largest absolute Gasteiger partial charge is 0.493 e. The highest BCUT2D eigenvalue weighted by molar-refractivity contribution is 6.03. The molecular formula is C17H16O6. The molecule has 0 amide bonds. The molecule has 6 heteroatoms. The Labute approximate surface area is 133 Å². The fourth-order valence-electron chi connectivity index (χ4n) is 1.98. The maximum atomic E-state index is 12.2. The first-order chi connectivity index (χ1) is 11.1. The number of esters is 2. The van der Waals surface area contributed by atoms with Gasteiger partial charge in [0.1, 0.15) is 0 Å². The van der Waals surface area contributed by atoms with Crippen LogP contribution < -0.4 is 14.2 Å². The molecule has 0 spiro atoms. The van der Waals surface area contributed by atoms with Crippen molar-refractivity contribution in [3.05, 3.63) is 53.6 Å². The molecule has 0 aliphatic heterocycles. The van der Waals surface area contributed by atoms with Crippen molar-refractivity contribution in [3.8, 4) is 17.2 Å². The van der Waals surface area contributed by atoms with Crippen LogP contribution in [0.2, 0.25) is 0 Å². The van der Waals surface area contributed by atoms with Gasteiger partial charge in [0.25, 0.3) is 0 Å². The highest BCUT2D eigenvalue weighted by Crippen LogP contribution is 2.38. The molecule has 0 unspecified atom stereocenters. The third-order valence-electron chi connectivity index (χ3n) is 3.10. The quantitative estimate of drug-likeness (QED) is 0.624. The Bertz CT molecular complexity index is 683. The monoisotopic (exact) mass is 316 g/mol. The van der Waals surface area contributed by atoms with Crippen LogP contribution in [0.3, 0.4) is 0 Å². The molecule has 2 aromatic rings. The summed E-state index contributed by atoms with van der Waals surface area (Å²) < 4.78 is 20.4. The molecule has 6 nitrogen and oxygen atoms in total. The van der Waals surface area contributed by atoms with Crippen LogP contribution >= 0.6 is 0 Å². The van der Waals surface area contributed by atoms with E-state index in [1.165, 1.54) is 33.5 Å². The molecule has 0 radical (unpaired) electrons. The summed E-state index contributed by atoms with van der Waals surface area (Å²) in [5, 5.41) is 0. The minimum atomic E-state index is -0.807. The van der Waals surface area contributed by atoms with Crippen molar-refractivity contribution in [3.63, 3.8) is 0 Å². The molecule has 23 heavy (non-hydrogen) atoms. The van der Waals surface area contributed by atoms with E-state index in [0.29, 0.717) is 17.2 Å². The molecule has 0 heterocycles. The number of ether oxygens (including phenoxy) is 4. The number of benzene rings is 2. The second-order valence-corrected chi connectivity index (χ2v) is 4.46. The summed E-state index contributed by atoms with van der Waals surface area (Å²) >= 11 is 0. The van der Waals surface area contributed by atoms with Crippen molar-refractivity contribution in [1.82, 2.24) is 0 Å². The zero-order chi connectivity index (χ0) is 16.8. The topological polar surface area (TPSA) is 71.1 Å². The van der Waals surface area contributed by atoms with Crippen molar-refractivity contribution in [2.24, 2.45) is 0 Å². The number of rotatable bonds is 5. The van der Waals surface area contributed by atoms with E-state index < -0.39 is 11.9 Å². The average Bonchev–Trinajstić information content (AvgIpc) is 2.60. The number of carbonyl (C=O) groups excluding carboxylic acids is 2. The summed E-state index contributed by atoms with van der Waals surface area (Å²) in [5.41, 5.74) is 0.400. The van der Waals surface area contributed by atoms with E-state index in [9.17, 15) is 9.59 Å². The van der Waals surface area contributed by atoms with Gasteiger partial charge in [-0.25, -0.2) is 9.59 Å². The van der Waals surface area contributed by atoms with Gasteiger partial charge in [-0.05, 0) is 24.3 Å². The molecule has 0 bridgehead atoms. The molecule has 0 aliphatic rings. The van der Waals surface area contributed by atoms with Gasteiger partial charge in [-0.15, -0.1) is 0 Å². The summed E-state index contributed by atoms with van der Waals surface area (Å²) in [4.78, 5) is 24.1. The number of hydrogen-bond acceptors (Lipinski definition) is 6. The molecule has 0 fully saturated rings. The SMILES string of the molecule is COc1cc(C(=O)OC(=O)c2ccccc2)cc(OC)c1OC. The van der Waals surface area contributed by atoms with Gasteiger partial charge in [-0.1, -0.05) is 18.2 Å². The Morgan fingerprint density at radius 3 is 1.74 bits per heavy atom. The van der Waals surface area contributed by atoms with Crippen LogP contribution in [0.25, 0.3) is 0 Å². The molecule has 0 atom stereocenters. The number of methoxy groups -OCH3 is 3. The normalized spacial score (nSPS) is 9.87. The van der Waals surface area contributed by atoms with Crippen LogP contribution in [0.4, 0.5) is 0 Å². The van der Waals surface area contributed by atoms with Gasteiger partial charge in [0.2, 0.25) is 5.75 Å². The van der Waals surface area contributed by atoms with Gasteiger partial charge in [0.15, 0.2) is 11.5 Å². The van der Waals surface area contributed by atoms with Crippen molar-refractivity contribution in [2.75, 3.05) is 21.3 Å². The van der Waals surface area contributed by atoms with Gasteiger partial charge in [-0.3, -0.25) is 0 Å². The second kappa shape index (κ2) is 7.31. The predicted octanol–water partition coefficient (Wildman–Crippen LogP) is 2.71. The van der Waals surface area contributed by atoms with Gasteiger partial charge < -0.3 is 18.9 Å². The predicted molar refractivity (Wildman–Crippen MR) is 82.3 cm³/mol. The Kier molecular flexibility index (Phi) is 5.19. The first-order valence-electron chi connectivity index (χ1n) is 6.72. The molecule has 0 aliphatic carbocycles. The summed E-state index contributed by atoms with van der Waals surface area (Å²) in [6, 6.07) is 11.1. The highest BCUT2D eigenvalue weighted by atomic mass is 16.6.